The van der Waals surface area contributed by atoms with E-state index in [-0.39, 0.29) is 52.6 Å². The molecule has 5 heteroatoms. The number of aliphatic hydroxyl groups excluding tert-OH is 1. The molecular weight excluding hydrogens is 368 g/mol. The van der Waals surface area contributed by atoms with Crippen molar-refractivity contribution in [1.29, 1.82) is 0 Å². The number of Topliss-reactive ketones (excluding diaryl/α,β-unsaturated/α-hetero) is 3. The molecule has 0 bridgehead atoms. The highest BCUT2D eigenvalue weighted by atomic mass is 16.5. The van der Waals surface area contributed by atoms with Crippen molar-refractivity contribution < 1.29 is 24.2 Å². The van der Waals surface area contributed by atoms with Gasteiger partial charge in [0.1, 0.15) is 11.9 Å². The van der Waals surface area contributed by atoms with Crippen LogP contribution in [0.15, 0.2) is 48.6 Å². The van der Waals surface area contributed by atoms with E-state index in [0.29, 0.717) is 11.1 Å². The quantitative estimate of drug-likeness (QED) is 0.586. The number of aliphatic hydroxyl groups is 1. The third kappa shape index (κ3) is 4.05. The topological polar surface area (TPSA) is 80.7 Å². The van der Waals surface area contributed by atoms with E-state index < -0.39 is 12.2 Å². The van der Waals surface area contributed by atoms with Crippen LogP contribution >= 0.6 is 0 Å². The summed E-state index contributed by atoms with van der Waals surface area (Å²) in [7, 11) is 0. The van der Waals surface area contributed by atoms with Crippen molar-refractivity contribution in [2.45, 2.75) is 45.8 Å². The van der Waals surface area contributed by atoms with Crippen molar-refractivity contribution in [3.63, 3.8) is 0 Å². The third-order valence-electron chi connectivity index (χ3n) is 5.19. The SMILES string of the molecule is C=C(C)[C@H](O)Cc1c(C(C)=O)cc(C(C)=O)c2c1O[C@H](c1ccccc1)CC2=O. The first-order chi connectivity index (χ1) is 13.7. The number of carbonyl (C=O) groups excluding carboxylic acids is 3. The molecule has 0 amide bonds. The lowest BCUT2D eigenvalue weighted by Gasteiger charge is -2.30. The zero-order chi connectivity index (χ0) is 21.3. The van der Waals surface area contributed by atoms with Crippen LogP contribution in [-0.4, -0.2) is 28.6 Å². The summed E-state index contributed by atoms with van der Waals surface area (Å²) in [6.07, 6.45) is -1.27. The summed E-state index contributed by atoms with van der Waals surface area (Å²) < 4.78 is 6.22. The molecule has 1 heterocycles. The Morgan fingerprint density at radius 3 is 2.31 bits per heavy atom. The van der Waals surface area contributed by atoms with Crippen LogP contribution in [-0.2, 0) is 6.42 Å². The minimum Gasteiger partial charge on any atom is -0.484 e. The molecule has 0 fully saturated rings. The Labute approximate surface area is 170 Å². The maximum atomic E-state index is 13.1. The van der Waals surface area contributed by atoms with E-state index in [4.69, 9.17) is 4.74 Å². The molecule has 3 rings (SSSR count). The van der Waals surface area contributed by atoms with Gasteiger partial charge in [-0.3, -0.25) is 14.4 Å². The molecule has 2 aromatic rings. The summed E-state index contributed by atoms with van der Waals surface area (Å²) in [5.41, 5.74) is 2.44. The molecule has 1 aliphatic heterocycles. The second kappa shape index (κ2) is 8.13. The van der Waals surface area contributed by atoms with Crippen molar-refractivity contribution in [1.82, 2.24) is 0 Å². The van der Waals surface area contributed by atoms with E-state index in [1.807, 2.05) is 30.3 Å². The fraction of sp³-hybridized carbons (Fsp3) is 0.292. The van der Waals surface area contributed by atoms with Gasteiger partial charge in [0.2, 0.25) is 0 Å². The van der Waals surface area contributed by atoms with Gasteiger partial charge in [-0.2, -0.15) is 0 Å². The lowest BCUT2D eigenvalue weighted by atomic mass is 9.85. The molecule has 0 radical (unpaired) electrons. The van der Waals surface area contributed by atoms with Crippen molar-refractivity contribution in [3.8, 4) is 5.75 Å². The summed E-state index contributed by atoms with van der Waals surface area (Å²) in [5.74, 6) is -0.581. The Morgan fingerprint density at radius 2 is 1.76 bits per heavy atom. The van der Waals surface area contributed by atoms with E-state index in [2.05, 4.69) is 6.58 Å². The number of hydrogen-bond acceptors (Lipinski definition) is 5. The highest BCUT2D eigenvalue weighted by Gasteiger charge is 2.35. The van der Waals surface area contributed by atoms with Crippen LogP contribution in [0.2, 0.25) is 0 Å². The summed E-state index contributed by atoms with van der Waals surface area (Å²) >= 11 is 0. The average molecular weight is 392 g/mol. The summed E-state index contributed by atoms with van der Waals surface area (Å²) in [4.78, 5) is 37.7. The van der Waals surface area contributed by atoms with Crippen LogP contribution in [0.5, 0.6) is 5.75 Å². The van der Waals surface area contributed by atoms with Crippen LogP contribution in [0.25, 0.3) is 0 Å². The van der Waals surface area contributed by atoms with Crippen molar-refractivity contribution in [2.75, 3.05) is 0 Å². The Morgan fingerprint density at radius 1 is 1.14 bits per heavy atom. The number of ether oxygens (including phenoxy) is 1. The molecule has 0 aliphatic carbocycles. The van der Waals surface area contributed by atoms with Gasteiger partial charge in [0.15, 0.2) is 17.3 Å². The molecule has 0 unspecified atom stereocenters. The van der Waals surface area contributed by atoms with Gasteiger partial charge in [0.05, 0.1) is 18.1 Å². The van der Waals surface area contributed by atoms with Crippen molar-refractivity contribution >= 4 is 17.3 Å². The van der Waals surface area contributed by atoms with Gasteiger partial charge < -0.3 is 9.84 Å². The highest BCUT2D eigenvalue weighted by molar-refractivity contribution is 6.13. The molecule has 0 saturated heterocycles. The van der Waals surface area contributed by atoms with Crippen LogP contribution in [0, 0.1) is 0 Å². The predicted octanol–water partition coefficient (Wildman–Crippen LogP) is 4.28. The van der Waals surface area contributed by atoms with Crippen LogP contribution in [0.4, 0.5) is 0 Å². The Balaban J connectivity index is 2.24. The molecule has 5 nitrogen and oxygen atoms in total. The number of rotatable bonds is 6. The van der Waals surface area contributed by atoms with Gasteiger partial charge >= 0.3 is 0 Å². The standard InChI is InChI=1S/C24H24O5/c1-13(2)20(27)11-19-17(14(3)25)10-18(15(4)26)23-21(28)12-22(29-24(19)23)16-8-6-5-7-9-16/h5-10,20,22,27H,1,11-12H2,2-4H3/t20-,22+/m1/s1. The maximum Gasteiger partial charge on any atom is 0.171 e. The number of ketones is 3. The van der Waals surface area contributed by atoms with Crippen molar-refractivity contribution in [3.05, 3.63) is 76.4 Å². The molecule has 0 saturated carbocycles. The smallest absolute Gasteiger partial charge is 0.171 e. The molecule has 0 spiro atoms. The second-order valence-corrected chi connectivity index (χ2v) is 7.48. The number of fused-ring (bicyclic) bond motifs is 1. The largest absolute Gasteiger partial charge is 0.484 e. The normalized spacial score (nSPS) is 16.6. The van der Waals surface area contributed by atoms with Crippen LogP contribution < -0.4 is 4.74 Å². The number of hydrogen-bond donors (Lipinski definition) is 1. The minimum atomic E-state index is -0.906. The maximum absolute atomic E-state index is 13.1. The Hall–Kier alpha value is -3.05. The van der Waals surface area contributed by atoms with Crippen LogP contribution in [0.1, 0.15) is 75.5 Å². The van der Waals surface area contributed by atoms with E-state index in [1.165, 1.54) is 19.9 Å². The predicted molar refractivity (Wildman–Crippen MR) is 110 cm³/mol. The van der Waals surface area contributed by atoms with Gasteiger partial charge in [-0.25, -0.2) is 0 Å². The lowest BCUT2D eigenvalue weighted by Crippen LogP contribution is -2.26. The monoisotopic (exact) mass is 392 g/mol. The van der Waals surface area contributed by atoms with Crippen molar-refractivity contribution in [2.24, 2.45) is 0 Å². The molecule has 1 aliphatic rings. The average Bonchev–Trinajstić information content (AvgIpc) is 2.68. The van der Waals surface area contributed by atoms with Gasteiger partial charge in [0.25, 0.3) is 0 Å². The lowest BCUT2D eigenvalue weighted by molar-refractivity contribution is 0.0832. The first-order valence-electron chi connectivity index (χ1n) is 9.50. The fourth-order valence-corrected chi connectivity index (χ4v) is 3.58. The van der Waals surface area contributed by atoms with E-state index >= 15 is 0 Å². The first-order valence-corrected chi connectivity index (χ1v) is 9.50. The molecule has 150 valence electrons. The zero-order valence-corrected chi connectivity index (χ0v) is 16.8. The second-order valence-electron chi connectivity index (χ2n) is 7.48. The minimum absolute atomic E-state index is 0.0690. The Kier molecular flexibility index (Phi) is 5.80. The number of benzene rings is 2. The molecule has 2 atom stereocenters. The van der Waals surface area contributed by atoms with Gasteiger partial charge in [-0.15, -0.1) is 0 Å². The molecular formula is C24H24O5. The van der Waals surface area contributed by atoms with Crippen LogP contribution in [0.3, 0.4) is 0 Å². The number of carbonyl (C=O) groups is 3. The van der Waals surface area contributed by atoms with Gasteiger partial charge in [-0.1, -0.05) is 42.5 Å². The first kappa shape index (κ1) is 20.7. The van der Waals surface area contributed by atoms with Gasteiger partial charge in [0, 0.05) is 23.1 Å². The summed E-state index contributed by atoms with van der Waals surface area (Å²) in [6, 6.07) is 10.8. The molecule has 29 heavy (non-hydrogen) atoms. The fourth-order valence-electron chi connectivity index (χ4n) is 3.58. The van der Waals surface area contributed by atoms with Gasteiger partial charge in [-0.05, 0) is 32.4 Å². The highest BCUT2D eigenvalue weighted by Crippen LogP contribution is 2.41. The third-order valence-corrected chi connectivity index (χ3v) is 5.19. The van der Waals surface area contributed by atoms with E-state index in [9.17, 15) is 19.5 Å². The van der Waals surface area contributed by atoms with E-state index in [0.717, 1.165) is 5.56 Å². The Bertz CT molecular complexity index is 1000. The molecule has 1 N–H and O–H groups in total. The van der Waals surface area contributed by atoms with E-state index in [1.54, 1.807) is 6.92 Å². The molecule has 2 aromatic carbocycles. The summed E-state index contributed by atoms with van der Waals surface area (Å²) in [6.45, 7) is 8.20. The molecule has 0 aromatic heterocycles. The summed E-state index contributed by atoms with van der Waals surface area (Å²) in [5, 5.41) is 10.4. The zero-order valence-electron chi connectivity index (χ0n) is 16.8.